The predicted molar refractivity (Wildman–Crippen MR) is 101 cm³/mol. The van der Waals surface area contributed by atoms with E-state index in [1.807, 2.05) is 5.38 Å². The van der Waals surface area contributed by atoms with Crippen LogP contribution in [0.4, 0.5) is 5.69 Å². The van der Waals surface area contributed by atoms with Gasteiger partial charge < -0.3 is 19.9 Å². The second-order valence-corrected chi connectivity index (χ2v) is 6.28. The highest BCUT2D eigenvalue weighted by Gasteiger charge is 2.21. The summed E-state index contributed by atoms with van der Waals surface area (Å²) >= 11 is 1.46. The molecule has 0 unspecified atom stereocenters. The van der Waals surface area contributed by atoms with Gasteiger partial charge in [-0.25, -0.2) is 4.98 Å². The van der Waals surface area contributed by atoms with Crippen molar-refractivity contribution in [1.82, 2.24) is 4.98 Å². The van der Waals surface area contributed by atoms with Gasteiger partial charge >= 0.3 is 0 Å². The highest BCUT2D eigenvalue weighted by atomic mass is 32.1. The molecule has 7 heteroatoms. The average molecular weight is 370 g/mol. The second kappa shape index (κ2) is 7.45. The molecule has 0 fully saturated rings. The number of hydrogen-bond acceptors (Lipinski definition) is 7. The van der Waals surface area contributed by atoms with Crippen molar-refractivity contribution in [2.75, 3.05) is 27.1 Å². The van der Waals surface area contributed by atoms with Gasteiger partial charge in [-0.3, -0.25) is 4.79 Å². The number of hydrogen-bond donors (Lipinski definition) is 1. The standard InChI is InChI=1S/C19H18N2O4S/c1-23-15-8-11(9-16(24-2)18(15)25-3)17(22)14-10-12(20)4-5-13(14)19-21-6-7-26-19/h4-10H,20H2,1-3H3. The van der Waals surface area contributed by atoms with Crippen LogP contribution >= 0.6 is 11.3 Å². The lowest BCUT2D eigenvalue weighted by molar-refractivity contribution is 0.103. The first-order valence-electron chi connectivity index (χ1n) is 7.73. The fraction of sp³-hybridized carbons (Fsp3) is 0.158. The Labute approximate surface area is 155 Å². The maximum atomic E-state index is 13.2. The number of carbonyl (C=O) groups excluding carboxylic acids is 1. The number of anilines is 1. The van der Waals surface area contributed by atoms with Crippen LogP contribution in [0.25, 0.3) is 10.6 Å². The molecule has 1 heterocycles. The van der Waals surface area contributed by atoms with E-state index in [1.54, 1.807) is 36.5 Å². The Kier molecular flexibility index (Phi) is 5.09. The molecule has 1 aromatic heterocycles. The Hall–Kier alpha value is -3.06. The van der Waals surface area contributed by atoms with Crippen LogP contribution in [0, 0.1) is 0 Å². The van der Waals surface area contributed by atoms with E-state index in [4.69, 9.17) is 19.9 Å². The molecular formula is C19H18N2O4S. The van der Waals surface area contributed by atoms with Crippen molar-refractivity contribution in [2.24, 2.45) is 0 Å². The molecule has 134 valence electrons. The van der Waals surface area contributed by atoms with Crippen LogP contribution in [-0.4, -0.2) is 32.1 Å². The van der Waals surface area contributed by atoms with E-state index in [1.165, 1.54) is 32.7 Å². The number of ketones is 1. The summed E-state index contributed by atoms with van der Waals surface area (Å²) in [5.41, 5.74) is 8.02. The van der Waals surface area contributed by atoms with Crippen molar-refractivity contribution in [1.29, 1.82) is 0 Å². The third-order valence-electron chi connectivity index (χ3n) is 3.88. The number of methoxy groups -OCH3 is 3. The molecule has 2 N–H and O–H groups in total. The predicted octanol–water partition coefficient (Wildman–Crippen LogP) is 3.65. The molecule has 0 saturated heterocycles. The molecule has 3 rings (SSSR count). The first-order valence-corrected chi connectivity index (χ1v) is 8.61. The third kappa shape index (κ3) is 3.21. The van der Waals surface area contributed by atoms with Crippen molar-refractivity contribution >= 4 is 22.8 Å². The Morgan fingerprint density at radius 2 is 1.73 bits per heavy atom. The van der Waals surface area contributed by atoms with Crippen LogP contribution in [0.2, 0.25) is 0 Å². The molecule has 2 aromatic carbocycles. The molecule has 0 bridgehead atoms. The monoisotopic (exact) mass is 370 g/mol. The van der Waals surface area contributed by atoms with Gasteiger partial charge in [-0.1, -0.05) is 0 Å². The third-order valence-corrected chi connectivity index (χ3v) is 4.68. The van der Waals surface area contributed by atoms with Crippen LogP contribution in [-0.2, 0) is 0 Å². The topological polar surface area (TPSA) is 83.7 Å². The van der Waals surface area contributed by atoms with Gasteiger partial charge in [-0.2, -0.15) is 0 Å². The van der Waals surface area contributed by atoms with Gasteiger partial charge in [0.2, 0.25) is 5.75 Å². The number of thiazole rings is 1. The van der Waals surface area contributed by atoms with Gasteiger partial charge in [-0.15, -0.1) is 11.3 Å². The van der Waals surface area contributed by atoms with Crippen LogP contribution in [0.15, 0.2) is 41.9 Å². The SMILES string of the molecule is COc1cc(C(=O)c2cc(N)ccc2-c2nccs2)cc(OC)c1OC. The summed E-state index contributed by atoms with van der Waals surface area (Å²) in [6, 6.07) is 8.46. The highest BCUT2D eigenvalue weighted by Crippen LogP contribution is 2.39. The molecule has 26 heavy (non-hydrogen) atoms. The van der Waals surface area contributed by atoms with Gasteiger partial charge in [0.1, 0.15) is 5.01 Å². The summed E-state index contributed by atoms with van der Waals surface area (Å²) in [6.45, 7) is 0. The summed E-state index contributed by atoms with van der Waals surface area (Å²) in [7, 11) is 4.53. The van der Waals surface area contributed by atoms with Crippen molar-refractivity contribution in [3.8, 4) is 27.8 Å². The quantitative estimate of drug-likeness (QED) is 0.527. The zero-order valence-corrected chi connectivity index (χ0v) is 15.4. The molecule has 0 radical (unpaired) electrons. The minimum atomic E-state index is -0.207. The molecule has 0 spiro atoms. The molecule has 0 saturated carbocycles. The van der Waals surface area contributed by atoms with E-state index >= 15 is 0 Å². The smallest absolute Gasteiger partial charge is 0.203 e. The number of benzene rings is 2. The van der Waals surface area contributed by atoms with Gasteiger partial charge in [-0.05, 0) is 30.3 Å². The number of aromatic nitrogens is 1. The van der Waals surface area contributed by atoms with Crippen LogP contribution in [0.5, 0.6) is 17.2 Å². The molecular weight excluding hydrogens is 352 g/mol. The lowest BCUT2D eigenvalue weighted by atomic mass is 9.97. The molecule has 0 amide bonds. The zero-order valence-electron chi connectivity index (χ0n) is 14.6. The van der Waals surface area contributed by atoms with Crippen molar-refractivity contribution in [3.05, 3.63) is 53.0 Å². The fourth-order valence-electron chi connectivity index (χ4n) is 2.66. The van der Waals surface area contributed by atoms with Crippen molar-refractivity contribution in [2.45, 2.75) is 0 Å². The van der Waals surface area contributed by atoms with Crippen LogP contribution in [0.1, 0.15) is 15.9 Å². The van der Waals surface area contributed by atoms with E-state index in [9.17, 15) is 4.79 Å². The van der Waals surface area contributed by atoms with E-state index in [0.29, 0.717) is 34.1 Å². The molecule has 0 aliphatic carbocycles. The lowest BCUT2D eigenvalue weighted by Gasteiger charge is -2.14. The Morgan fingerprint density at radius 3 is 2.27 bits per heavy atom. The maximum absolute atomic E-state index is 13.2. The Morgan fingerprint density at radius 1 is 1.04 bits per heavy atom. The van der Waals surface area contributed by atoms with Gasteiger partial charge in [0.15, 0.2) is 17.3 Å². The molecule has 0 aliphatic heterocycles. The van der Waals surface area contributed by atoms with Gasteiger partial charge in [0.25, 0.3) is 0 Å². The number of carbonyl (C=O) groups is 1. The summed E-state index contributed by atoms with van der Waals surface area (Å²) in [4.78, 5) is 17.5. The van der Waals surface area contributed by atoms with E-state index in [2.05, 4.69) is 4.98 Å². The van der Waals surface area contributed by atoms with Crippen molar-refractivity contribution in [3.63, 3.8) is 0 Å². The number of nitrogens with two attached hydrogens (primary N) is 1. The number of nitrogens with zero attached hydrogens (tertiary/aromatic N) is 1. The Bertz CT molecular complexity index is 914. The number of nitrogen functional groups attached to an aromatic ring is 1. The van der Waals surface area contributed by atoms with E-state index in [-0.39, 0.29) is 5.78 Å². The summed E-state index contributed by atoms with van der Waals surface area (Å²) in [5, 5.41) is 2.61. The van der Waals surface area contributed by atoms with Crippen LogP contribution in [0.3, 0.4) is 0 Å². The summed E-state index contributed by atoms with van der Waals surface area (Å²) < 4.78 is 16.0. The average Bonchev–Trinajstić information content (AvgIpc) is 3.20. The van der Waals surface area contributed by atoms with Gasteiger partial charge in [0, 0.05) is 34.0 Å². The van der Waals surface area contributed by atoms with Crippen LogP contribution < -0.4 is 19.9 Å². The highest BCUT2D eigenvalue weighted by molar-refractivity contribution is 7.13. The Balaban J connectivity index is 2.15. The lowest BCUT2D eigenvalue weighted by Crippen LogP contribution is -2.06. The van der Waals surface area contributed by atoms with Crippen molar-refractivity contribution < 1.29 is 19.0 Å². The maximum Gasteiger partial charge on any atom is 0.203 e. The van der Waals surface area contributed by atoms with Gasteiger partial charge in [0.05, 0.1) is 21.3 Å². The number of rotatable bonds is 6. The second-order valence-electron chi connectivity index (χ2n) is 5.39. The fourth-order valence-corrected chi connectivity index (χ4v) is 3.34. The first kappa shape index (κ1) is 17.8. The minimum Gasteiger partial charge on any atom is -0.493 e. The molecule has 0 atom stereocenters. The molecule has 3 aromatic rings. The molecule has 0 aliphatic rings. The normalized spacial score (nSPS) is 10.4. The summed E-state index contributed by atoms with van der Waals surface area (Å²) in [6.07, 6.45) is 1.70. The van der Waals surface area contributed by atoms with E-state index < -0.39 is 0 Å². The first-order chi connectivity index (χ1) is 12.6. The molecule has 6 nitrogen and oxygen atoms in total. The largest absolute Gasteiger partial charge is 0.493 e. The minimum absolute atomic E-state index is 0.207. The zero-order chi connectivity index (χ0) is 18.7. The number of ether oxygens (including phenoxy) is 3. The van der Waals surface area contributed by atoms with E-state index in [0.717, 1.165) is 10.6 Å². The summed E-state index contributed by atoms with van der Waals surface area (Å²) in [5.74, 6) is 1.05.